The molecule has 1 fully saturated rings. The van der Waals surface area contributed by atoms with E-state index in [9.17, 15) is 4.79 Å². The maximum atomic E-state index is 12.5. The zero-order valence-corrected chi connectivity index (χ0v) is 11.9. The van der Waals surface area contributed by atoms with E-state index in [1.54, 1.807) is 0 Å². The quantitative estimate of drug-likeness (QED) is 0.853. The first-order chi connectivity index (χ1) is 9.79. The second-order valence-electron chi connectivity index (χ2n) is 5.43. The van der Waals surface area contributed by atoms with Crippen molar-refractivity contribution in [3.05, 3.63) is 30.5 Å². The molecule has 4 nitrogen and oxygen atoms in total. The molecule has 0 saturated carbocycles. The van der Waals surface area contributed by atoms with E-state index in [-0.39, 0.29) is 6.03 Å². The van der Waals surface area contributed by atoms with Gasteiger partial charge in [0.15, 0.2) is 0 Å². The topological polar surface area (TPSA) is 48.1 Å². The van der Waals surface area contributed by atoms with Crippen LogP contribution in [-0.4, -0.2) is 28.5 Å². The number of hydrogen-bond donors (Lipinski definition) is 2. The van der Waals surface area contributed by atoms with Crippen LogP contribution < -0.4 is 5.32 Å². The summed E-state index contributed by atoms with van der Waals surface area (Å²) in [6.45, 7) is 3.02. The molecule has 1 aliphatic rings. The van der Waals surface area contributed by atoms with Crippen molar-refractivity contribution in [3.8, 4) is 0 Å². The van der Waals surface area contributed by atoms with Gasteiger partial charge in [0, 0.05) is 29.7 Å². The number of aromatic nitrogens is 1. The molecule has 2 heterocycles. The molecule has 1 aromatic carbocycles. The van der Waals surface area contributed by atoms with Crippen LogP contribution in [0, 0.1) is 0 Å². The predicted molar refractivity (Wildman–Crippen MR) is 82.0 cm³/mol. The molecule has 0 spiro atoms. The standard InChI is InChI=1S/C16H21N3O/c1-2-12-7-5-6-10-19(12)16(20)18-15-11-17-14-9-4-3-8-13(14)15/h3-4,8-9,11-12,17H,2,5-7,10H2,1H3,(H,18,20)/t12-/m1/s1. The van der Waals surface area contributed by atoms with Crippen LogP contribution in [0.2, 0.25) is 0 Å². The van der Waals surface area contributed by atoms with Crippen LogP contribution in [0.4, 0.5) is 10.5 Å². The van der Waals surface area contributed by atoms with E-state index in [1.165, 1.54) is 6.42 Å². The first-order valence-electron chi connectivity index (χ1n) is 7.43. The van der Waals surface area contributed by atoms with Crippen molar-refractivity contribution in [2.75, 3.05) is 11.9 Å². The number of para-hydroxylation sites is 1. The molecule has 4 heteroatoms. The summed E-state index contributed by atoms with van der Waals surface area (Å²) >= 11 is 0. The van der Waals surface area contributed by atoms with Gasteiger partial charge in [0.05, 0.1) is 5.69 Å². The second-order valence-corrected chi connectivity index (χ2v) is 5.43. The van der Waals surface area contributed by atoms with E-state index >= 15 is 0 Å². The van der Waals surface area contributed by atoms with Crippen molar-refractivity contribution < 1.29 is 4.79 Å². The number of aromatic amines is 1. The fourth-order valence-electron chi connectivity index (χ4n) is 3.05. The van der Waals surface area contributed by atoms with Crippen LogP contribution in [0.25, 0.3) is 10.9 Å². The Balaban J connectivity index is 1.78. The van der Waals surface area contributed by atoms with Gasteiger partial charge in [0.2, 0.25) is 0 Å². The predicted octanol–water partition coefficient (Wildman–Crippen LogP) is 3.96. The fraction of sp³-hybridized carbons (Fsp3) is 0.438. The number of hydrogen-bond acceptors (Lipinski definition) is 1. The van der Waals surface area contributed by atoms with E-state index < -0.39 is 0 Å². The lowest BCUT2D eigenvalue weighted by Gasteiger charge is -2.35. The highest BCUT2D eigenvalue weighted by molar-refractivity contribution is 6.01. The van der Waals surface area contributed by atoms with Crippen molar-refractivity contribution >= 4 is 22.6 Å². The van der Waals surface area contributed by atoms with Gasteiger partial charge in [-0.1, -0.05) is 25.1 Å². The zero-order chi connectivity index (χ0) is 13.9. The van der Waals surface area contributed by atoms with Gasteiger partial charge in [-0.2, -0.15) is 0 Å². The summed E-state index contributed by atoms with van der Waals surface area (Å²) in [5.41, 5.74) is 1.92. The van der Waals surface area contributed by atoms with Crippen LogP contribution >= 0.6 is 0 Å². The summed E-state index contributed by atoms with van der Waals surface area (Å²) in [7, 11) is 0. The van der Waals surface area contributed by atoms with Gasteiger partial charge in [0.25, 0.3) is 0 Å². The maximum Gasteiger partial charge on any atom is 0.322 e. The number of piperidine rings is 1. The smallest absolute Gasteiger partial charge is 0.322 e. The van der Waals surface area contributed by atoms with Gasteiger partial charge in [0.1, 0.15) is 0 Å². The molecule has 1 aliphatic heterocycles. The van der Waals surface area contributed by atoms with Gasteiger partial charge < -0.3 is 15.2 Å². The Hall–Kier alpha value is -1.97. The summed E-state index contributed by atoms with van der Waals surface area (Å²) in [6.07, 6.45) is 6.36. The number of urea groups is 1. The van der Waals surface area contributed by atoms with Crippen molar-refractivity contribution in [3.63, 3.8) is 0 Å². The largest absolute Gasteiger partial charge is 0.359 e. The molecule has 1 atom stereocenters. The van der Waals surface area contributed by atoms with E-state index in [1.807, 2.05) is 35.4 Å². The normalized spacial score (nSPS) is 19.2. The number of fused-ring (bicyclic) bond motifs is 1. The Labute approximate surface area is 119 Å². The lowest BCUT2D eigenvalue weighted by Crippen LogP contribution is -2.45. The maximum absolute atomic E-state index is 12.5. The fourth-order valence-corrected chi connectivity index (χ4v) is 3.05. The summed E-state index contributed by atoms with van der Waals surface area (Å²) in [6, 6.07) is 8.43. The summed E-state index contributed by atoms with van der Waals surface area (Å²) < 4.78 is 0. The number of amides is 2. The molecule has 0 unspecified atom stereocenters. The number of benzene rings is 1. The van der Waals surface area contributed by atoms with Crippen molar-refractivity contribution in [2.45, 2.75) is 38.6 Å². The lowest BCUT2D eigenvalue weighted by molar-refractivity contribution is 0.160. The number of H-pyrrole nitrogens is 1. The number of likely N-dealkylation sites (tertiary alicyclic amines) is 1. The number of nitrogens with zero attached hydrogens (tertiary/aromatic N) is 1. The van der Waals surface area contributed by atoms with E-state index in [0.29, 0.717) is 6.04 Å². The Morgan fingerprint density at radius 2 is 2.25 bits per heavy atom. The van der Waals surface area contributed by atoms with Gasteiger partial charge in [-0.15, -0.1) is 0 Å². The lowest BCUT2D eigenvalue weighted by atomic mass is 10.0. The minimum atomic E-state index is 0.0290. The first-order valence-corrected chi connectivity index (χ1v) is 7.43. The third kappa shape index (κ3) is 2.38. The van der Waals surface area contributed by atoms with E-state index in [0.717, 1.165) is 42.4 Å². The van der Waals surface area contributed by atoms with Crippen molar-refractivity contribution in [2.24, 2.45) is 0 Å². The number of carbonyl (C=O) groups is 1. The molecule has 0 radical (unpaired) electrons. The summed E-state index contributed by atoms with van der Waals surface area (Å²) in [5.74, 6) is 0. The number of nitrogens with one attached hydrogen (secondary N) is 2. The minimum Gasteiger partial charge on any atom is -0.359 e. The number of anilines is 1. The molecular weight excluding hydrogens is 250 g/mol. The highest BCUT2D eigenvalue weighted by atomic mass is 16.2. The van der Waals surface area contributed by atoms with Gasteiger partial charge in [-0.05, 0) is 31.7 Å². The van der Waals surface area contributed by atoms with Crippen LogP contribution in [0.15, 0.2) is 30.5 Å². The SMILES string of the molecule is CC[C@@H]1CCCCN1C(=O)Nc1c[nH]c2ccccc12. The van der Waals surface area contributed by atoms with Crippen LogP contribution in [-0.2, 0) is 0 Å². The van der Waals surface area contributed by atoms with Gasteiger partial charge in [-0.3, -0.25) is 0 Å². The average molecular weight is 271 g/mol. The van der Waals surface area contributed by atoms with E-state index in [2.05, 4.69) is 17.2 Å². The Morgan fingerprint density at radius 3 is 3.10 bits per heavy atom. The molecule has 2 amide bonds. The Kier molecular flexibility index (Phi) is 3.63. The average Bonchev–Trinajstić information content (AvgIpc) is 2.90. The monoisotopic (exact) mass is 271 g/mol. The second kappa shape index (κ2) is 5.57. The van der Waals surface area contributed by atoms with Crippen LogP contribution in [0.3, 0.4) is 0 Å². The van der Waals surface area contributed by atoms with Gasteiger partial charge in [-0.25, -0.2) is 4.79 Å². The zero-order valence-electron chi connectivity index (χ0n) is 11.9. The molecule has 0 bridgehead atoms. The summed E-state index contributed by atoms with van der Waals surface area (Å²) in [5, 5.41) is 4.12. The van der Waals surface area contributed by atoms with Gasteiger partial charge >= 0.3 is 6.03 Å². The van der Waals surface area contributed by atoms with Crippen LogP contribution in [0.5, 0.6) is 0 Å². The molecule has 2 N–H and O–H groups in total. The molecule has 106 valence electrons. The molecular formula is C16H21N3O. The highest BCUT2D eigenvalue weighted by Gasteiger charge is 2.25. The molecule has 3 rings (SSSR count). The molecule has 1 saturated heterocycles. The minimum absolute atomic E-state index is 0.0290. The third-order valence-corrected chi connectivity index (χ3v) is 4.19. The molecule has 20 heavy (non-hydrogen) atoms. The van der Waals surface area contributed by atoms with E-state index in [4.69, 9.17) is 0 Å². The highest BCUT2D eigenvalue weighted by Crippen LogP contribution is 2.25. The Morgan fingerprint density at radius 1 is 1.40 bits per heavy atom. The first kappa shape index (κ1) is 13.0. The summed E-state index contributed by atoms with van der Waals surface area (Å²) in [4.78, 5) is 17.7. The van der Waals surface area contributed by atoms with Crippen LogP contribution in [0.1, 0.15) is 32.6 Å². The third-order valence-electron chi connectivity index (χ3n) is 4.19. The molecule has 0 aliphatic carbocycles. The Bertz CT molecular complexity index is 605. The van der Waals surface area contributed by atoms with Crippen molar-refractivity contribution in [1.82, 2.24) is 9.88 Å². The molecule has 1 aromatic heterocycles. The number of carbonyl (C=O) groups excluding carboxylic acids is 1. The number of rotatable bonds is 2. The molecule has 2 aromatic rings. The van der Waals surface area contributed by atoms with Crippen molar-refractivity contribution in [1.29, 1.82) is 0 Å².